The Kier molecular flexibility index (Phi) is 3.20. The molecule has 5 nitrogen and oxygen atoms in total. The highest BCUT2D eigenvalue weighted by Crippen LogP contribution is 2.20. The van der Waals surface area contributed by atoms with Crippen molar-refractivity contribution in [3.8, 4) is 0 Å². The summed E-state index contributed by atoms with van der Waals surface area (Å²) in [6.07, 6.45) is 3.00. The average Bonchev–Trinajstić information content (AvgIpc) is 2.94. The van der Waals surface area contributed by atoms with Gasteiger partial charge in [0.25, 0.3) is 5.56 Å². The fraction of sp³-hybridized carbons (Fsp3) is 0. The maximum absolute atomic E-state index is 12.5. The molecule has 23 heavy (non-hydrogen) atoms. The van der Waals surface area contributed by atoms with Crippen LogP contribution in [0, 0.1) is 0 Å². The molecule has 0 saturated carbocycles. The lowest BCUT2D eigenvalue weighted by molar-refractivity contribution is 0.815. The summed E-state index contributed by atoms with van der Waals surface area (Å²) in [6, 6.07) is 14.9. The number of nitrogens with one attached hydrogen (secondary N) is 1. The van der Waals surface area contributed by atoms with Crippen LogP contribution in [0.2, 0.25) is 5.02 Å². The van der Waals surface area contributed by atoms with Gasteiger partial charge in [-0.05, 0) is 23.8 Å². The van der Waals surface area contributed by atoms with Gasteiger partial charge < -0.3 is 4.98 Å². The van der Waals surface area contributed by atoms with E-state index in [1.807, 2.05) is 36.4 Å². The maximum atomic E-state index is 12.5. The van der Waals surface area contributed by atoms with Crippen LogP contribution in [0.5, 0.6) is 0 Å². The number of aromatic amines is 1. The van der Waals surface area contributed by atoms with Crippen molar-refractivity contribution in [2.45, 2.75) is 0 Å². The van der Waals surface area contributed by atoms with Crippen LogP contribution in [0.1, 0.15) is 5.56 Å². The second kappa shape index (κ2) is 5.37. The summed E-state index contributed by atoms with van der Waals surface area (Å²) < 4.78 is 1.21. The second-order valence-electron chi connectivity index (χ2n) is 5.09. The quantitative estimate of drug-likeness (QED) is 0.575. The van der Waals surface area contributed by atoms with Crippen LogP contribution in [0.4, 0.5) is 0 Å². The van der Waals surface area contributed by atoms with E-state index in [4.69, 9.17) is 11.6 Å². The molecule has 0 atom stereocenters. The lowest BCUT2D eigenvalue weighted by Crippen LogP contribution is -2.17. The highest BCUT2D eigenvalue weighted by atomic mass is 35.5. The molecule has 2 aromatic carbocycles. The minimum Gasteiger partial charge on any atom is -0.349 e. The Labute approximate surface area is 135 Å². The summed E-state index contributed by atoms with van der Waals surface area (Å²) in [5.74, 6) is 0. The molecule has 0 bridgehead atoms. The standard InChI is InChI=1S/C17H11ClN4O/c18-12-5-3-4-11(8-12)9-20-22-10-19-15-13-6-1-2-7-14(13)21-16(15)17(22)23/h1-10,21H/b20-9-. The monoisotopic (exact) mass is 322 g/mol. The van der Waals surface area contributed by atoms with E-state index in [0.717, 1.165) is 16.5 Å². The first kappa shape index (κ1) is 13.7. The minimum absolute atomic E-state index is 0.246. The van der Waals surface area contributed by atoms with E-state index in [1.54, 1.807) is 18.3 Å². The lowest BCUT2D eigenvalue weighted by atomic mass is 10.2. The third kappa shape index (κ3) is 2.41. The van der Waals surface area contributed by atoms with E-state index in [1.165, 1.54) is 11.0 Å². The second-order valence-corrected chi connectivity index (χ2v) is 5.52. The molecule has 112 valence electrons. The Hall–Kier alpha value is -2.92. The number of hydrogen-bond donors (Lipinski definition) is 1. The first-order valence-electron chi connectivity index (χ1n) is 7.00. The van der Waals surface area contributed by atoms with Crippen molar-refractivity contribution in [2.24, 2.45) is 5.10 Å². The highest BCUT2D eigenvalue weighted by Gasteiger charge is 2.09. The Morgan fingerprint density at radius 1 is 1.17 bits per heavy atom. The normalized spacial score (nSPS) is 11.7. The zero-order valence-corrected chi connectivity index (χ0v) is 12.7. The number of rotatable bonds is 2. The Morgan fingerprint density at radius 3 is 2.91 bits per heavy atom. The molecule has 0 saturated heterocycles. The van der Waals surface area contributed by atoms with Gasteiger partial charge in [-0.25, -0.2) is 4.98 Å². The minimum atomic E-state index is -0.246. The topological polar surface area (TPSA) is 63.0 Å². The van der Waals surface area contributed by atoms with Crippen molar-refractivity contribution in [3.05, 3.63) is 75.8 Å². The van der Waals surface area contributed by atoms with E-state index in [0.29, 0.717) is 16.1 Å². The van der Waals surface area contributed by atoms with E-state index < -0.39 is 0 Å². The number of aromatic nitrogens is 3. The summed E-state index contributed by atoms with van der Waals surface area (Å²) in [5, 5.41) is 5.71. The molecule has 0 aliphatic carbocycles. The molecule has 0 amide bonds. The van der Waals surface area contributed by atoms with Gasteiger partial charge in [-0.2, -0.15) is 9.78 Å². The SMILES string of the molecule is O=c1c2[nH]c3ccccc3c2ncn1/N=C\c1cccc(Cl)c1. The van der Waals surface area contributed by atoms with Gasteiger partial charge in [0.1, 0.15) is 17.4 Å². The van der Waals surface area contributed by atoms with Gasteiger partial charge in [0.05, 0.1) is 6.21 Å². The van der Waals surface area contributed by atoms with Gasteiger partial charge >= 0.3 is 0 Å². The first-order chi connectivity index (χ1) is 11.2. The number of halogens is 1. The number of para-hydroxylation sites is 1. The molecule has 2 heterocycles. The number of nitrogens with zero attached hydrogens (tertiary/aromatic N) is 3. The lowest BCUT2D eigenvalue weighted by Gasteiger charge is -1.98. The average molecular weight is 323 g/mol. The van der Waals surface area contributed by atoms with Crippen LogP contribution in [-0.2, 0) is 0 Å². The molecule has 1 N–H and O–H groups in total. The first-order valence-corrected chi connectivity index (χ1v) is 7.38. The zero-order valence-electron chi connectivity index (χ0n) is 11.9. The van der Waals surface area contributed by atoms with Crippen molar-refractivity contribution in [1.29, 1.82) is 0 Å². The van der Waals surface area contributed by atoms with Gasteiger partial charge in [0.2, 0.25) is 0 Å². The molecule has 4 rings (SSSR count). The Bertz CT molecular complexity index is 1110. The number of hydrogen-bond acceptors (Lipinski definition) is 3. The summed E-state index contributed by atoms with van der Waals surface area (Å²) in [7, 11) is 0. The predicted molar refractivity (Wildman–Crippen MR) is 92.3 cm³/mol. The van der Waals surface area contributed by atoms with Gasteiger partial charge in [-0.15, -0.1) is 0 Å². The summed E-state index contributed by atoms with van der Waals surface area (Å²) in [4.78, 5) is 20.0. The molecule has 2 aromatic heterocycles. The molecule has 0 fully saturated rings. The molecule has 0 spiro atoms. The van der Waals surface area contributed by atoms with E-state index in [2.05, 4.69) is 15.1 Å². The number of H-pyrrole nitrogens is 1. The van der Waals surface area contributed by atoms with Crippen LogP contribution in [0.3, 0.4) is 0 Å². The fourth-order valence-electron chi connectivity index (χ4n) is 2.49. The van der Waals surface area contributed by atoms with Crippen LogP contribution in [0.15, 0.2) is 64.8 Å². The van der Waals surface area contributed by atoms with Crippen LogP contribution in [0.25, 0.3) is 21.9 Å². The number of fused-ring (bicyclic) bond motifs is 3. The Balaban J connectivity index is 1.83. The molecule has 0 radical (unpaired) electrons. The molecule has 0 aliphatic rings. The molecule has 0 unspecified atom stereocenters. The summed E-state index contributed by atoms with van der Waals surface area (Å²) in [6.45, 7) is 0. The number of benzene rings is 2. The third-order valence-corrected chi connectivity index (χ3v) is 3.81. The van der Waals surface area contributed by atoms with Gasteiger partial charge in [0.15, 0.2) is 0 Å². The van der Waals surface area contributed by atoms with E-state index in [9.17, 15) is 4.79 Å². The van der Waals surface area contributed by atoms with Crippen LogP contribution < -0.4 is 5.56 Å². The van der Waals surface area contributed by atoms with Crippen molar-refractivity contribution in [1.82, 2.24) is 14.6 Å². The Morgan fingerprint density at radius 2 is 2.04 bits per heavy atom. The van der Waals surface area contributed by atoms with Gasteiger partial charge in [-0.1, -0.05) is 41.9 Å². The van der Waals surface area contributed by atoms with Crippen molar-refractivity contribution in [3.63, 3.8) is 0 Å². The fourth-order valence-corrected chi connectivity index (χ4v) is 2.69. The van der Waals surface area contributed by atoms with Crippen LogP contribution in [-0.4, -0.2) is 20.9 Å². The predicted octanol–water partition coefficient (Wildman–Crippen LogP) is 3.41. The van der Waals surface area contributed by atoms with Crippen molar-refractivity contribution < 1.29 is 0 Å². The van der Waals surface area contributed by atoms with Crippen molar-refractivity contribution in [2.75, 3.05) is 0 Å². The van der Waals surface area contributed by atoms with Crippen LogP contribution >= 0.6 is 11.6 Å². The highest BCUT2D eigenvalue weighted by molar-refractivity contribution is 6.30. The molecule has 0 aliphatic heterocycles. The zero-order chi connectivity index (χ0) is 15.8. The third-order valence-electron chi connectivity index (χ3n) is 3.58. The van der Waals surface area contributed by atoms with Gasteiger partial charge in [0, 0.05) is 15.9 Å². The smallest absolute Gasteiger partial charge is 0.298 e. The molecule has 4 aromatic rings. The molecular weight excluding hydrogens is 312 g/mol. The molecule has 6 heteroatoms. The van der Waals surface area contributed by atoms with Crippen molar-refractivity contribution >= 4 is 39.8 Å². The maximum Gasteiger partial charge on any atom is 0.298 e. The summed E-state index contributed by atoms with van der Waals surface area (Å²) in [5.41, 5.74) is 2.53. The summed E-state index contributed by atoms with van der Waals surface area (Å²) >= 11 is 5.93. The largest absolute Gasteiger partial charge is 0.349 e. The molecular formula is C17H11ClN4O. The van der Waals surface area contributed by atoms with E-state index in [-0.39, 0.29) is 5.56 Å². The van der Waals surface area contributed by atoms with E-state index >= 15 is 0 Å². The van der Waals surface area contributed by atoms with Gasteiger partial charge in [-0.3, -0.25) is 4.79 Å².